The second-order valence-electron chi connectivity index (χ2n) is 7.66. The van der Waals surface area contributed by atoms with E-state index in [0.29, 0.717) is 11.7 Å². The maximum Gasteiger partial charge on any atom is 0.167 e. The molecule has 3 aliphatic rings. The first-order chi connectivity index (χ1) is 10.1. The summed E-state index contributed by atoms with van der Waals surface area (Å²) in [7, 11) is 0. The molecule has 0 aromatic heterocycles. The number of hydrogen-bond acceptors (Lipinski definition) is 3. The molecule has 3 nitrogen and oxygen atoms in total. The fourth-order valence-corrected chi connectivity index (χ4v) is 4.44. The predicted octanol–water partition coefficient (Wildman–Crippen LogP) is 4.24. The fourth-order valence-electron chi connectivity index (χ4n) is 4.44. The smallest absolute Gasteiger partial charge is 0.167 e. The van der Waals surface area contributed by atoms with Crippen LogP contribution in [0.3, 0.4) is 0 Å². The van der Waals surface area contributed by atoms with Crippen LogP contribution in [0.2, 0.25) is 0 Å². The predicted molar refractivity (Wildman–Crippen MR) is 82.0 cm³/mol. The van der Waals surface area contributed by atoms with Gasteiger partial charge in [0.2, 0.25) is 0 Å². The Morgan fingerprint density at radius 3 is 2.05 bits per heavy atom. The summed E-state index contributed by atoms with van der Waals surface area (Å²) < 4.78 is 12.2. The molecule has 2 aliphatic carbocycles. The molecule has 21 heavy (non-hydrogen) atoms. The van der Waals surface area contributed by atoms with Crippen molar-refractivity contribution in [3.05, 3.63) is 0 Å². The molecular weight excluding hydrogens is 264 g/mol. The molecule has 2 atom stereocenters. The Balaban J connectivity index is 1.71. The van der Waals surface area contributed by atoms with Gasteiger partial charge in [-0.15, -0.1) is 0 Å². The Labute approximate surface area is 128 Å². The minimum Gasteiger partial charge on any atom is -0.344 e. The van der Waals surface area contributed by atoms with Crippen LogP contribution < -0.4 is 0 Å². The van der Waals surface area contributed by atoms with Gasteiger partial charge >= 0.3 is 0 Å². The quantitative estimate of drug-likeness (QED) is 0.781. The van der Waals surface area contributed by atoms with Gasteiger partial charge in [-0.3, -0.25) is 4.79 Å². The van der Waals surface area contributed by atoms with E-state index in [1.54, 1.807) is 0 Å². The van der Waals surface area contributed by atoms with Gasteiger partial charge < -0.3 is 9.47 Å². The van der Waals surface area contributed by atoms with Crippen molar-refractivity contribution in [3.63, 3.8) is 0 Å². The van der Waals surface area contributed by atoms with Gasteiger partial charge in [-0.1, -0.05) is 38.5 Å². The number of rotatable bonds is 3. The van der Waals surface area contributed by atoms with Gasteiger partial charge in [-0.25, -0.2) is 0 Å². The summed E-state index contributed by atoms with van der Waals surface area (Å²) in [4.78, 5) is 12.9. The lowest BCUT2D eigenvalue weighted by Gasteiger charge is -2.31. The van der Waals surface area contributed by atoms with Gasteiger partial charge in [0.15, 0.2) is 11.6 Å². The van der Waals surface area contributed by atoms with Crippen LogP contribution in [0.4, 0.5) is 0 Å². The summed E-state index contributed by atoms with van der Waals surface area (Å²) in [6.45, 7) is 3.91. The van der Waals surface area contributed by atoms with E-state index in [-0.39, 0.29) is 18.1 Å². The Morgan fingerprint density at radius 2 is 1.43 bits per heavy atom. The van der Waals surface area contributed by atoms with E-state index in [4.69, 9.17) is 9.47 Å². The minimum atomic E-state index is -0.600. The molecule has 1 saturated heterocycles. The third-order valence-corrected chi connectivity index (χ3v) is 5.53. The molecule has 120 valence electrons. The molecule has 0 unspecified atom stereocenters. The van der Waals surface area contributed by atoms with E-state index in [1.165, 1.54) is 51.4 Å². The van der Waals surface area contributed by atoms with Crippen LogP contribution in [-0.4, -0.2) is 23.8 Å². The standard InChI is InChI=1S/C18H30O3/c1-18(2)20-16(14-11-7-4-8-12-14)17(21-18)15(19)13-9-5-3-6-10-13/h13-14,16-17H,3-12H2,1-2H3/t16-,17-/m0/s1. The number of hydrogen-bond donors (Lipinski definition) is 0. The number of Topliss-reactive ketones (excluding diaryl/α,β-unsaturated/α-hetero) is 1. The Hall–Kier alpha value is -0.410. The van der Waals surface area contributed by atoms with Crippen LogP contribution in [-0.2, 0) is 14.3 Å². The van der Waals surface area contributed by atoms with E-state index in [9.17, 15) is 4.79 Å². The maximum absolute atomic E-state index is 12.9. The first kappa shape index (κ1) is 15.5. The van der Waals surface area contributed by atoms with Gasteiger partial charge in [0.1, 0.15) is 6.10 Å². The summed E-state index contributed by atoms with van der Waals surface area (Å²) in [5.41, 5.74) is 0. The van der Waals surface area contributed by atoms with Crippen molar-refractivity contribution >= 4 is 5.78 Å². The summed E-state index contributed by atoms with van der Waals surface area (Å²) in [5.74, 6) is 0.457. The molecular formula is C18H30O3. The lowest BCUT2D eigenvalue weighted by atomic mass is 9.78. The zero-order chi connectivity index (χ0) is 14.9. The number of carbonyl (C=O) groups excluding carboxylic acids is 1. The Morgan fingerprint density at radius 1 is 0.857 bits per heavy atom. The van der Waals surface area contributed by atoms with Gasteiger partial charge in [0.05, 0.1) is 6.10 Å². The molecule has 0 amide bonds. The molecule has 3 fully saturated rings. The molecule has 2 saturated carbocycles. The summed E-state index contributed by atoms with van der Waals surface area (Å²) >= 11 is 0. The van der Waals surface area contributed by atoms with Crippen molar-refractivity contribution in [1.29, 1.82) is 0 Å². The molecule has 0 aromatic rings. The summed E-state index contributed by atoms with van der Waals surface area (Å²) in [6, 6.07) is 0. The SMILES string of the molecule is CC1(C)O[C@@H](C(=O)C2CCCCC2)[C@H](C2CCCCC2)O1. The van der Waals surface area contributed by atoms with Crippen molar-refractivity contribution in [2.24, 2.45) is 11.8 Å². The maximum atomic E-state index is 12.9. The van der Waals surface area contributed by atoms with E-state index >= 15 is 0 Å². The summed E-state index contributed by atoms with van der Waals surface area (Å²) in [6.07, 6.45) is 11.7. The Bertz CT molecular complexity index is 365. The lowest BCUT2D eigenvalue weighted by molar-refractivity contribution is -0.159. The third kappa shape index (κ3) is 3.50. The first-order valence-corrected chi connectivity index (χ1v) is 8.96. The van der Waals surface area contributed by atoms with Gasteiger partial charge in [0, 0.05) is 5.92 Å². The average Bonchev–Trinajstić information content (AvgIpc) is 2.84. The highest BCUT2D eigenvalue weighted by molar-refractivity contribution is 5.86. The van der Waals surface area contributed by atoms with E-state index in [2.05, 4.69) is 0 Å². The topological polar surface area (TPSA) is 35.5 Å². The van der Waals surface area contributed by atoms with Crippen molar-refractivity contribution in [3.8, 4) is 0 Å². The highest BCUT2D eigenvalue weighted by Gasteiger charge is 2.49. The van der Waals surface area contributed by atoms with Crippen molar-refractivity contribution < 1.29 is 14.3 Å². The molecule has 1 aliphatic heterocycles. The van der Waals surface area contributed by atoms with Crippen LogP contribution in [0.25, 0.3) is 0 Å². The zero-order valence-electron chi connectivity index (χ0n) is 13.6. The molecule has 0 aromatic carbocycles. The Kier molecular flexibility index (Phi) is 4.70. The van der Waals surface area contributed by atoms with Crippen LogP contribution in [0.15, 0.2) is 0 Å². The molecule has 1 heterocycles. The molecule has 0 radical (unpaired) electrons. The molecule has 0 N–H and O–H groups in total. The van der Waals surface area contributed by atoms with Crippen molar-refractivity contribution in [2.75, 3.05) is 0 Å². The highest BCUT2D eigenvalue weighted by Crippen LogP contribution is 2.40. The molecule has 0 bridgehead atoms. The third-order valence-electron chi connectivity index (χ3n) is 5.53. The first-order valence-electron chi connectivity index (χ1n) is 8.96. The molecule has 3 rings (SSSR count). The number of carbonyl (C=O) groups is 1. The normalized spacial score (nSPS) is 35.0. The van der Waals surface area contributed by atoms with E-state index in [0.717, 1.165) is 12.8 Å². The van der Waals surface area contributed by atoms with Crippen molar-refractivity contribution in [2.45, 2.75) is 96.1 Å². The lowest BCUT2D eigenvalue weighted by Crippen LogP contribution is -2.41. The van der Waals surface area contributed by atoms with E-state index < -0.39 is 5.79 Å². The number of ketones is 1. The zero-order valence-corrected chi connectivity index (χ0v) is 13.6. The fraction of sp³-hybridized carbons (Fsp3) is 0.944. The average molecular weight is 294 g/mol. The van der Waals surface area contributed by atoms with Gasteiger partial charge in [-0.05, 0) is 45.4 Å². The minimum absolute atomic E-state index is 0.00488. The molecule has 0 spiro atoms. The van der Waals surface area contributed by atoms with Crippen LogP contribution in [0, 0.1) is 11.8 Å². The number of ether oxygens (including phenoxy) is 2. The summed E-state index contributed by atoms with van der Waals surface area (Å²) in [5, 5.41) is 0. The monoisotopic (exact) mass is 294 g/mol. The van der Waals surface area contributed by atoms with Crippen LogP contribution in [0.1, 0.15) is 78.1 Å². The van der Waals surface area contributed by atoms with Gasteiger partial charge in [-0.2, -0.15) is 0 Å². The highest BCUT2D eigenvalue weighted by atomic mass is 16.8. The van der Waals surface area contributed by atoms with Crippen LogP contribution >= 0.6 is 0 Å². The van der Waals surface area contributed by atoms with Crippen molar-refractivity contribution in [1.82, 2.24) is 0 Å². The van der Waals surface area contributed by atoms with Gasteiger partial charge in [0.25, 0.3) is 0 Å². The second kappa shape index (κ2) is 6.37. The van der Waals surface area contributed by atoms with E-state index in [1.807, 2.05) is 13.8 Å². The second-order valence-corrected chi connectivity index (χ2v) is 7.66. The molecule has 3 heteroatoms. The van der Waals surface area contributed by atoms with Crippen LogP contribution in [0.5, 0.6) is 0 Å². The largest absolute Gasteiger partial charge is 0.344 e.